The summed E-state index contributed by atoms with van der Waals surface area (Å²) < 4.78 is 0. The Hall–Kier alpha value is -2.10. The van der Waals surface area contributed by atoms with E-state index in [-0.39, 0.29) is 5.92 Å². The Kier molecular flexibility index (Phi) is 4.56. The van der Waals surface area contributed by atoms with Crippen molar-refractivity contribution < 1.29 is 0 Å². The maximum absolute atomic E-state index is 5.98. The van der Waals surface area contributed by atoms with E-state index >= 15 is 0 Å². The van der Waals surface area contributed by atoms with E-state index in [1.807, 2.05) is 6.07 Å². The first kappa shape index (κ1) is 14.3. The Labute approximate surface area is 120 Å². The third kappa shape index (κ3) is 3.07. The number of hydrogen-bond acceptors (Lipinski definition) is 4. The molecule has 0 saturated heterocycles. The summed E-state index contributed by atoms with van der Waals surface area (Å²) in [5, 5.41) is 3.42. The van der Waals surface area contributed by atoms with Crippen LogP contribution in [0.2, 0.25) is 0 Å². The number of anilines is 3. The molecule has 0 aliphatic rings. The summed E-state index contributed by atoms with van der Waals surface area (Å²) in [5.41, 5.74) is 9.34. The summed E-state index contributed by atoms with van der Waals surface area (Å²) in [6, 6.07) is 8.31. The van der Waals surface area contributed by atoms with E-state index in [0.29, 0.717) is 5.82 Å². The molecule has 4 heteroatoms. The van der Waals surface area contributed by atoms with Crippen molar-refractivity contribution in [3.05, 3.63) is 41.7 Å². The van der Waals surface area contributed by atoms with E-state index in [9.17, 15) is 0 Å². The van der Waals surface area contributed by atoms with Gasteiger partial charge in [0.15, 0.2) is 0 Å². The minimum absolute atomic E-state index is 0.275. The minimum Gasteiger partial charge on any atom is -0.383 e. The highest BCUT2D eigenvalue weighted by molar-refractivity contribution is 5.66. The van der Waals surface area contributed by atoms with Crippen molar-refractivity contribution in [1.82, 2.24) is 9.97 Å². The summed E-state index contributed by atoms with van der Waals surface area (Å²) in [6.07, 6.45) is 3.66. The lowest BCUT2D eigenvalue weighted by molar-refractivity contribution is 0.854. The van der Waals surface area contributed by atoms with Crippen molar-refractivity contribution in [3.8, 4) is 0 Å². The number of aryl methyl sites for hydroxylation is 1. The van der Waals surface area contributed by atoms with Gasteiger partial charge in [-0.3, -0.25) is 0 Å². The molecule has 1 aromatic carbocycles. The van der Waals surface area contributed by atoms with Gasteiger partial charge in [-0.1, -0.05) is 45.4 Å². The molecule has 4 nitrogen and oxygen atoms in total. The van der Waals surface area contributed by atoms with Crippen molar-refractivity contribution >= 4 is 17.3 Å². The topological polar surface area (TPSA) is 63.8 Å². The van der Waals surface area contributed by atoms with E-state index in [4.69, 9.17) is 5.73 Å². The molecule has 0 amide bonds. The van der Waals surface area contributed by atoms with Gasteiger partial charge in [-0.2, -0.15) is 0 Å². The lowest BCUT2D eigenvalue weighted by Crippen LogP contribution is -2.07. The van der Waals surface area contributed by atoms with Gasteiger partial charge in [0.25, 0.3) is 0 Å². The fourth-order valence-corrected chi connectivity index (χ4v) is 2.34. The zero-order valence-corrected chi connectivity index (χ0v) is 12.4. The van der Waals surface area contributed by atoms with Crippen LogP contribution in [0, 0.1) is 0 Å². The van der Waals surface area contributed by atoms with Gasteiger partial charge in [-0.25, -0.2) is 9.97 Å². The second-order valence-electron chi connectivity index (χ2n) is 5.21. The molecule has 0 atom stereocenters. The Morgan fingerprint density at radius 3 is 2.65 bits per heavy atom. The summed E-state index contributed by atoms with van der Waals surface area (Å²) >= 11 is 0. The van der Waals surface area contributed by atoms with Gasteiger partial charge < -0.3 is 11.1 Å². The molecule has 0 aliphatic carbocycles. The fraction of sp³-hybridized carbons (Fsp3) is 0.375. The molecule has 0 bridgehead atoms. The van der Waals surface area contributed by atoms with E-state index in [2.05, 4.69) is 54.3 Å². The number of benzene rings is 1. The van der Waals surface area contributed by atoms with Gasteiger partial charge in [0.05, 0.1) is 0 Å². The molecule has 0 unspecified atom stereocenters. The molecule has 1 aromatic heterocycles. The first-order chi connectivity index (χ1) is 9.63. The predicted octanol–water partition coefficient (Wildman–Crippen LogP) is 3.88. The van der Waals surface area contributed by atoms with Crippen molar-refractivity contribution in [2.45, 2.75) is 39.5 Å². The van der Waals surface area contributed by atoms with Gasteiger partial charge in [0.1, 0.15) is 18.0 Å². The van der Waals surface area contributed by atoms with Crippen LogP contribution in [0.1, 0.15) is 44.2 Å². The Balaban J connectivity index is 2.38. The van der Waals surface area contributed by atoms with Crippen molar-refractivity contribution in [2.75, 3.05) is 11.1 Å². The summed E-state index contributed by atoms with van der Waals surface area (Å²) in [5.74, 6) is 1.62. The summed E-state index contributed by atoms with van der Waals surface area (Å²) in [6.45, 7) is 6.37. The van der Waals surface area contributed by atoms with Crippen molar-refractivity contribution in [3.63, 3.8) is 0 Å². The molecule has 0 fully saturated rings. The Morgan fingerprint density at radius 1 is 1.20 bits per heavy atom. The lowest BCUT2D eigenvalue weighted by atomic mass is 10.0. The first-order valence-corrected chi connectivity index (χ1v) is 7.08. The molecule has 0 spiro atoms. The van der Waals surface area contributed by atoms with Crippen LogP contribution in [-0.4, -0.2) is 9.97 Å². The molecule has 2 aromatic rings. The van der Waals surface area contributed by atoms with Gasteiger partial charge in [0.2, 0.25) is 0 Å². The zero-order chi connectivity index (χ0) is 14.5. The number of hydrogen-bond donors (Lipinski definition) is 2. The van der Waals surface area contributed by atoms with Crippen LogP contribution in [0.15, 0.2) is 30.6 Å². The highest BCUT2D eigenvalue weighted by atomic mass is 15.0. The SMILES string of the molecule is CCCc1ccccc1Nc1ncnc(N)c1C(C)C. The quantitative estimate of drug-likeness (QED) is 0.865. The third-order valence-electron chi connectivity index (χ3n) is 3.28. The molecule has 2 rings (SSSR count). The van der Waals surface area contributed by atoms with Crippen LogP contribution < -0.4 is 11.1 Å². The number of aromatic nitrogens is 2. The van der Waals surface area contributed by atoms with Crippen LogP contribution in [0.4, 0.5) is 17.3 Å². The molecule has 0 aliphatic heterocycles. The molecule has 3 N–H and O–H groups in total. The molecule has 106 valence electrons. The number of nitrogens with zero attached hydrogens (tertiary/aromatic N) is 2. The smallest absolute Gasteiger partial charge is 0.139 e. The number of rotatable bonds is 5. The largest absolute Gasteiger partial charge is 0.383 e. The average molecular weight is 270 g/mol. The minimum atomic E-state index is 0.275. The third-order valence-corrected chi connectivity index (χ3v) is 3.28. The van der Waals surface area contributed by atoms with E-state index in [0.717, 1.165) is 29.9 Å². The maximum atomic E-state index is 5.98. The number of nitrogens with two attached hydrogens (primary N) is 1. The van der Waals surface area contributed by atoms with Gasteiger partial charge in [-0.05, 0) is 24.0 Å². The number of nitrogens with one attached hydrogen (secondary N) is 1. The Morgan fingerprint density at radius 2 is 1.95 bits per heavy atom. The highest BCUT2D eigenvalue weighted by Crippen LogP contribution is 2.29. The van der Waals surface area contributed by atoms with Crippen LogP contribution in [-0.2, 0) is 6.42 Å². The fourth-order valence-electron chi connectivity index (χ4n) is 2.34. The van der Waals surface area contributed by atoms with Crippen LogP contribution >= 0.6 is 0 Å². The maximum Gasteiger partial charge on any atom is 0.139 e. The monoisotopic (exact) mass is 270 g/mol. The summed E-state index contributed by atoms with van der Waals surface area (Å²) in [7, 11) is 0. The molecule has 1 heterocycles. The molecule has 0 saturated carbocycles. The second-order valence-corrected chi connectivity index (χ2v) is 5.21. The van der Waals surface area contributed by atoms with Crippen LogP contribution in [0.25, 0.3) is 0 Å². The lowest BCUT2D eigenvalue weighted by Gasteiger charge is -2.16. The highest BCUT2D eigenvalue weighted by Gasteiger charge is 2.13. The normalized spacial score (nSPS) is 10.8. The first-order valence-electron chi connectivity index (χ1n) is 7.08. The van der Waals surface area contributed by atoms with Gasteiger partial charge in [0, 0.05) is 11.3 Å². The second kappa shape index (κ2) is 6.37. The summed E-state index contributed by atoms with van der Waals surface area (Å²) in [4.78, 5) is 8.44. The zero-order valence-electron chi connectivity index (χ0n) is 12.4. The van der Waals surface area contributed by atoms with Crippen molar-refractivity contribution in [1.29, 1.82) is 0 Å². The van der Waals surface area contributed by atoms with Gasteiger partial charge >= 0.3 is 0 Å². The van der Waals surface area contributed by atoms with E-state index < -0.39 is 0 Å². The molecule has 20 heavy (non-hydrogen) atoms. The predicted molar refractivity (Wildman–Crippen MR) is 84.3 cm³/mol. The van der Waals surface area contributed by atoms with Gasteiger partial charge in [-0.15, -0.1) is 0 Å². The standard InChI is InChI=1S/C16H22N4/c1-4-7-12-8-5-6-9-13(12)20-16-14(11(2)3)15(17)18-10-19-16/h5-6,8-11H,4,7H2,1-3H3,(H3,17,18,19,20). The molecular formula is C16H22N4. The van der Waals surface area contributed by atoms with Crippen LogP contribution in [0.5, 0.6) is 0 Å². The Bertz CT molecular complexity index is 578. The molecule has 0 radical (unpaired) electrons. The average Bonchev–Trinajstić information content (AvgIpc) is 2.41. The van der Waals surface area contributed by atoms with E-state index in [1.54, 1.807) is 0 Å². The van der Waals surface area contributed by atoms with Crippen molar-refractivity contribution in [2.24, 2.45) is 0 Å². The molecular weight excluding hydrogens is 248 g/mol. The van der Waals surface area contributed by atoms with E-state index in [1.165, 1.54) is 11.9 Å². The number of nitrogen functional groups attached to an aromatic ring is 1. The van der Waals surface area contributed by atoms with Crippen LogP contribution in [0.3, 0.4) is 0 Å². The number of para-hydroxylation sites is 1.